The van der Waals surface area contributed by atoms with E-state index in [1.165, 1.54) is 0 Å². The predicted molar refractivity (Wildman–Crippen MR) is 102 cm³/mol. The molecule has 0 spiro atoms. The molecule has 0 saturated heterocycles. The number of benzene rings is 2. The fraction of sp³-hybridized carbons (Fsp3) is 0.190. The molecule has 1 aromatic heterocycles. The van der Waals surface area contributed by atoms with Gasteiger partial charge in [-0.05, 0) is 49.2 Å². The molecule has 0 fully saturated rings. The van der Waals surface area contributed by atoms with Gasteiger partial charge in [-0.15, -0.1) is 0 Å². The molecule has 0 radical (unpaired) electrons. The van der Waals surface area contributed by atoms with E-state index >= 15 is 0 Å². The molecular formula is C21H21N3O3. The average Bonchev–Trinajstić information content (AvgIpc) is 3.12. The van der Waals surface area contributed by atoms with E-state index < -0.39 is 17.9 Å². The fourth-order valence-electron chi connectivity index (χ4n) is 2.84. The number of carbonyl (C=O) groups is 2. The Morgan fingerprint density at radius 1 is 1.07 bits per heavy atom. The number of aliphatic carboxylic acids is 1. The molecule has 6 heteroatoms. The minimum Gasteiger partial charge on any atom is -0.481 e. The van der Waals surface area contributed by atoms with Crippen molar-refractivity contribution in [2.75, 3.05) is 0 Å². The third-order valence-electron chi connectivity index (χ3n) is 4.44. The Hall–Kier alpha value is -3.41. The van der Waals surface area contributed by atoms with Gasteiger partial charge >= 0.3 is 5.97 Å². The van der Waals surface area contributed by atoms with Gasteiger partial charge in [0.25, 0.3) is 5.91 Å². The van der Waals surface area contributed by atoms with Gasteiger partial charge in [-0.1, -0.05) is 30.3 Å². The Morgan fingerprint density at radius 2 is 1.74 bits per heavy atom. The second-order valence-electron chi connectivity index (χ2n) is 6.50. The zero-order valence-corrected chi connectivity index (χ0v) is 15.2. The first-order chi connectivity index (χ1) is 13.0. The maximum Gasteiger partial charge on any atom is 0.308 e. The van der Waals surface area contributed by atoms with Gasteiger partial charge in [0.05, 0.1) is 23.8 Å². The summed E-state index contributed by atoms with van der Waals surface area (Å²) in [5.74, 6) is -2.05. The van der Waals surface area contributed by atoms with Crippen LogP contribution in [0.25, 0.3) is 5.69 Å². The maximum atomic E-state index is 12.7. The van der Waals surface area contributed by atoms with Crippen molar-refractivity contribution in [1.29, 1.82) is 0 Å². The van der Waals surface area contributed by atoms with Crippen LogP contribution in [-0.4, -0.2) is 26.8 Å². The molecule has 2 aromatic carbocycles. The number of rotatable bonds is 6. The largest absolute Gasteiger partial charge is 0.481 e. The average molecular weight is 363 g/mol. The van der Waals surface area contributed by atoms with E-state index in [-0.39, 0.29) is 5.91 Å². The molecule has 138 valence electrons. The van der Waals surface area contributed by atoms with E-state index in [4.69, 9.17) is 0 Å². The lowest BCUT2D eigenvalue weighted by Crippen LogP contribution is -2.35. The van der Waals surface area contributed by atoms with Crippen LogP contribution in [0.4, 0.5) is 0 Å². The van der Waals surface area contributed by atoms with Gasteiger partial charge in [0.1, 0.15) is 0 Å². The van der Waals surface area contributed by atoms with Crippen molar-refractivity contribution in [3.05, 3.63) is 83.7 Å². The number of nitrogens with zero attached hydrogens (tertiary/aromatic N) is 2. The lowest BCUT2D eigenvalue weighted by molar-refractivity contribution is -0.142. The second kappa shape index (κ2) is 7.86. The lowest BCUT2D eigenvalue weighted by Gasteiger charge is -2.23. The van der Waals surface area contributed by atoms with E-state index in [1.54, 1.807) is 42.1 Å². The Labute approximate surface area is 157 Å². The number of carboxylic acids is 1. The molecule has 0 unspecified atom stereocenters. The molecule has 2 atom stereocenters. The third-order valence-corrected chi connectivity index (χ3v) is 4.44. The summed E-state index contributed by atoms with van der Waals surface area (Å²) in [6.07, 6.45) is 3.66. The van der Waals surface area contributed by atoms with E-state index in [1.807, 2.05) is 43.5 Å². The SMILES string of the molecule is Cc1cnn(-c2ccc(C(=O)N[C@H](c3ccccc3)[C@H](C)C(=O)O)cc2)c1. The number of carbonyl (C=O) groups excluding carboxylic acids is 1. The highest BCUT2D eigenvalue weighted by Gasteiger charge is 2.27. The number of aromatic nitrogens is 2. The third kappa shape index (κ3) is 4.23. The van der Waals surface area contributed by atoms with E-state index in [2.05, 4.69) is 10.4 Å². The van der Waals surface area contributed by atoms with Crippen molar-refractivity contribution < 1.29 is 14.7 Å². The van der Waals surface area contributed by atoms with Crippen molar-refractivity contribution in [1.82, 2.24) is 15.1 Å². The molecule has 27 heavy (non-hydrogen) atoms. The number of aryl methyl sites for hydroxylation is 1. The summed E-state index contributed by atoms with van der Waals surface area (Å²) in [7, 11) is 0. The summed E-state index contributed by atoms with van der Waals surface area (Å²) >= 11 is 0. The van der Waals surface area contributed by atoms with E-state index in [0.717, 1.165) is 16.8 Å². The standard InChI is InChI=1S/C21H21N3O3/c1-14-12-22-24(13-14)18-10-8-17(9-11-18)20(25)23-19(15(2)21(26)27)16-6-4-3-5-7-16/h3-13,15,19H,1-2H3,(H,23,25)(H,26,27)/t15-,19-/m0/s1. The quantitative estimate of drug-likeness (QED) is 0.703. The zero-order valence-electron chi connectivity index (χ0n) is 15.2. The normalized spacial score (nSPS) is 13.0. The first-order valence-corrected chi connectivity index (χ1v) is 8.66. The van der Waals surface area contributed by atoms with Crippen LogP contribution in [0.2, 0.25) is 0 Å². The van der Waals surface area contributed by atoms with Crippen molar-refractivity contribution in [3.8, 4) is 5.69 Å². The van der Waals surface area contributed by atoms with Gasteiger partial charge in [-0.2, -0.15) is 5.10 Å². The van der Waals surface area contributed by atoms with Gasteiger partial charge in [-0.25, -0.2) is 4.68 Å². The van der Waals surface area contributed by atoms with Crippen molar-refractivity contribution in [3.63, 3.8) is 0 Å². The minimum atomic E-state index is -0.964. The molecule has 0 bridgehead atoms. The van der Waals surface area contributed by atoms with Gasteiger partial charge in [-0.3, -0.25) is 9.59 Å². The highest BCUT2D eigenvalue weighted by atomic mass is 16.4. The summed E-state index contributed by atoms with van der Waals surface area (Å²) in [6, 6.07) is 15.5. The monoisotopic (exact) mass is 363 g/mol. The molecule has 2 N–H and O–H groups in total. The molecule has 0 saturated carbocycles. The lowest BCUT2D eigenvalue weighted by atomic mass is 9.94. The van der Waals surface area contributed by atoms with Crippen LogP contribution in [-0.2, 0) is 4.79 Å². The van der Waals surface area contributed by atoms with Crippen molar-refractivity contribution >= 4 is 11.9 Å². The highest BCUT2D eigenvalue weighted by Crippen LogP contribution is 2.23. The fourth-order valence-corrected chi connectivity index (χ4v) is 2.84. The first-order valence-electron chi connectivity index (χ1n) is 8.66. The van der Waals surface area contributed by atoms with Crippen LogP contribution >= 0.6 is 0 Å². The molecule has 0 aliphatic heterocycles. The molecule has 1 heterocycles. The van der Waals surface area contributed by atoms with Crippen LogP contribution < -0.4 is 5.32 Å². The van der Waals surface area contributed by atoms with Gasteiger partial charge in [0, 0.05) is 11.8 Å². The predicted octanol–water partition coefficient (Wildman–Crippen LogP) is 3.37. The van der Waals surface area contributed by atoms with Gasteiger partial charge in [0.2, 0.25) is 0 Å². The zero-order chi connectivity index (χ0) is 19.4. The Kier molecular flexibility index (Phi) is 5.35. The van der Waals surface area contributed by atoms with Crippen LogP contribution in [0.5, 0.6) is 0 Å². The first kappa shape index (κ1) is 18.4. The van der Waals surface area contributed by atoms with Crippen molar-refractivity contribution in [2.24, 2.45) is 5.92 Å². The number of nitrogens with one attached hydrogen (secondary N) is 1. The summed E-state index contributed by atoms with van der Waals surface area (Å²) < 4.78 is 1.73. The number of amides is 1. The molecule has 3 rings (SSSR count). The Balaban J connectivity index is 1.80. The molecule has 0 aliphatic rings. The van der Waals surface area contributed by atoms with Crippen LogP contribution in [0.1, 0.15) is 34.5 Å². The summed E-state index contributed by atoms with van der Waals surface area (Å²) in [4.78, 5) is 24.2. The van der Waals surface area contributed by atoms with Gasteiger partial charge < -0.3 is 10.4 Å². The van der Waals surface area contributed by atoms with Crippen LogP contribution in [0, 0.1) is 12.8 Å². The number of carboxylic acid groups (broad SMARTS) is 1. The number of hydrogen-bond donors (Lipinski definition) is 2. The maximum absolute atomic E-state index is 12.7. The Bertz CT molecular complexity index is 933. The number of hydrogen-bond acceptors (Lipinski definition) is 3. The van der Waals surface area contributed by atoms with Crippen molar-refractivity contribution in [2.45, 2.75) is 19.9 Å². The topological polar surface area (TPSA) is 84.2 Å². The molecule has 0 aliphatic carbocycles. The summed E-state index contributed by atoms with van der Waals surface area (Å²) in [5, 5.41) is 16.5. The highest BCUT2D eigenvalue weighted by molar-refractivity contribution is 5.95. The van der Waals surface area contributed by atoms with Crippen LogP contribution in [0.15, 0.2) is 67.0 Å². The van der Waals surface area contributed by atoms with Gasteiger partial charge in [0.15, 0.2) is 0 Å². The molecule has 6 nitrogen and oxygen atoms in total. The second-order valence-corrected chi connectivity index (χ2v) is 6.50. The Morgan fingerprint density at radius 3 is 2.30 bits per heavy atom. The van der Waals surface area contributed by atoms with Crippen LogP contribution in [0.3, 0.4) is 0 Å². The summed E-state index contributed by atoms with van der Waals surface area (Å²) in [6.45, 7) is 3.54. The van der Waals surface area contributed by atoms with E-state index in [0.29, 0.717) is 5.56 Å². The summed E-state index contributed by atoms with van der Waals surface area (Å²) in [5.41, 5.74) is 3.11. The molecular weight excluding hydrogens is 342 g/mol. The molecule has 1 amide bonds. The minimum absolute atomic E-state index is 0.319. The van der Waals surface area contributed by atoms with E-state index in [9.17, 15) is 14.7 Å². The molecule has 3 aromatic rings. The smallest absolute Gasteiger partial charge is 0.308 e.